The number of ether oxygens (including phenoxy) is 1. The van der Waals surface area contributed by atoms with Gasteiger partial charge in [-0.3, -0.25) is 4.79 Å². The van der Waals surface area contributed by atoms with Gasteiger partial charge in [-0.05, 0) is 30.3 Å². The highest BCUT2D eigenvalue weighted by Crippen LogP contribution is 2.24. The highest BCUT2D eigenvalue weighted by Gasteiger charge is 2.21. The first-order chi connectivity index (χ1) is 10.6. The zero-order valence-electron chi connectivity index (χ0n) is 11.6. The van der Waals surface area contributed by atoms with Crippen LogP contribution >= 0.6 is 15.9 Å². The molecule has 0 aliphatic rings. The van der Waals surface area contributed by atoms with Gasteiger partial charge in [-0.25, -0.2) is 4.79 Å². The molecule has 3 rings (SSSR count). The second kappa shape index (κ2) is 5.73. The Kier molecular flexibility index (Phi) is 3.77. The molecule has 0 N–H and O–H groups in total. The van der Waals surface area contributed by atoms with Crippen LogP contribution in [0.5, 0.6) is 0 Å². The fourth-order valence-electron chi connectivity index (χ4n) is 2.20. The average molecular weight is 359 g/mol. The lowest BCUT2D eigenvalue weighted by Crippen LogP contribution is -2.14. The molecule has 0 spiro atoms. The Balaban J connectivity index is 2.22. The number of methoxy groups -OCH3 is 1. The van der Waals surface area contributed by atoms with E-state index < -0.39 is 5.97 Å². The highest BCUT2D eigenvalue weighted by atomic mass is 79.9. The first-order valence-electron chi connectivity index (χ1n) is 6.48. The summed E-state index contributed by atoms with van der Waals surface area (Å²) < 4.78 is 6.76. The minimum atomic E-state index is -0.581. The molecular weight excluding hydrogens is 348 g/mol. The number of rotatable bonds is 2. The van der Waals surface area contributed by atoms with Crippen molar-refractivity contribution in [2.45, 2.75) is 0 Å². The molecule has 1 aromatic heterocycles. The minimum Gasteiger partial charge on any atom is -0.464 e. The Morgan fingerprint density at radius 1 is 1.14 bits per heavy atom. The van der Waals surface area contributed by atoms with Crippen LogP contribution in [0.15, 0.2) is 53.0 Å². The minimum absolute atomic E-state index is 0.114. The van der Waals surface area contributed by atoms with Gasteiger partial charge in [0.2, 0.25) is 0 Å². The third-order valence-corrected chi connectivity index (χ3v) is 3.73. The topological polar surface area (TPSA) is 61.2 Å². The van der Waals surface area contributed by atoms with Crippen molar-refractivity contribution in [3.8, 4) is 0 Å². The van der Waals surface area contributed by atoms with Crippen molar-refractivity contribution >= 4 is 38.7 Å². The van der Waals surface area contributed by atoms with Gasteiger partial charge in [0.05, 0.1) is 12.6 Å². The van der Waals surface area contributed by atoms with Crippen molar-refractivity contribution in [2.75, 3.05) is 7.11 Å². The van der Waals surface area contributed by atoms with Crippen LogP contribution in [-0.2, 0) is 4.74 Å². The number of nitrogens with zero attached hydrogens (tertiary/aromatic N) is 2. The number of benzene rings is 2. The van der Waals surface area contributed by atoms with Crippen molar-refractivity contribution in [3.05, 3.63) is 64.3 Å². The van der Waals surface area contributed by atoms with Crippen LogP contribution in [0.2, 0.25) is 0 Å². The first kappa shape index (κ1) is 14.5. The molecule has 110 valence electrons. The van der Waals surface area contributed by atoms with Gasteiger partial charge in [-0.15, -0.1) is 0 Å². The van der Waals surface area contributed by atoms with E-state index >= 15 is 0 Å². The zero-order chi connectivity index (χ0) is 15.7. The predicted octanol–water partition coefficient (Wildman–Crippen LogP) is 3.27. The molecule has 0 fully saturated rings. The summed E-state index contributed by atoms with van der Waals surface area (Å²) in [5.74, 6) is -0.884. The number of hydrogen-bond donors (Lipinski definition) is 0. The molecule has 0 bridgehead atoms. The van der Waals surface area contributed by atoms with Crippen molar-refractivity contribution in [1.29, 1.82) is 0 Å². The maximum Gasteiger partial charge on any atom is 0.359 e. The molecule has 0 aliphatic heterocycles. The molecule has 0 saturated carbocycles. The van der Waals surface area contributed by atoms with Gasteiger partial charge in [0, 0.05) is 15.4 Å². The van der Waals surface area contributed by atoms with E-state index in [4.69, 9.17) is 4.74 Å². The van der Waals surface area contributed by atoms with Crippen molar-refractivity contribution in [3.63, 3.8) is 0 Å². The van der Waals surface area contributed by atoms with Gasteiger partial charge < -0.3 is 4.74 Å². The summed E-state index contributed by atoms with van der Waals surface area (Å²) in [6.07, 6.45) is 0. The third-order valence-electron chi connectivity index (χ3n) is 3.23. The summed E-state index contributed by atoms with van der Waals surface area (Å²) in [5, 5.41) is 4.71. The maximum absolute atomic E-state index is 12.6. The predicted molar refractivity (Wildman–Crippen MR) is 84.9 cm³/mol. The molecule has 0 amide bonds. The van der Waals surface area contributed by atoms with Gasteiger partial charge in [-0.2, -0.15) is 9.78 Å². The Bertz CT molecular complexity index is 872. The monoisotopic (exact) mass is 358 g/mol. The lowest BCUT2D eigenvalue weighted by molar-refractivity contribution is 0.0595. The van der Waals surface area contributed by atoms with Crippen LogP contribution in [0.25, 0.3) is 10.9 Å². The number of fused-ring (bicyclic) bond motifs is 1. The van der Waals surface area contributed by atoms with Crippen molar-refractivity contribution < 1.29 is 14.3 Å². The van der Waals surface area contributed by atoms with E-state index in [1.807, 2.05) is 6.07 Å². The number of hydrogen-bond acceptors (Lipinski definition) is 4. The van der Waals surface area contributed by atoms with E-state index in [0.717, 1.165) is 4.47 Å². The molecule has 3 aromatic rings. The standard InChI is InChI=1S/C16H11BrN2O3/c1-22-16(21)14-12-9-11(17)7-8-13(12)19(18-14)15(20)10-5-3-2-4-6-10/h2-9H,1H3. The highest BCUT2D eigenvalue weighted by molar-refractivity contribution is 9.10. The molecule has 1 heterocycles. The fraction of sp³-hybridized carbons (Fsp3) is 0.0625. The van der Waals surface area contributed by atoms with Crippen LogP contribution in [0, 0.1) is 0 Å². The SMILES string of the molecule is COC(=O)c1nn(C(=O)c2ccccc2)c2ccc(Br)cc12. The summed E-state index contributed by atoms with van der Waals surface area (Å²) in [6.45, 7) is 0. The maximum atomic E-state index is 12.6. The molecule has 0 radical (unpaired) electrons. The lowest BCUT2D eigenvalue weighted by atomic mass is 10.2. The Hall–Kier alpha value is -2.47. The zero-order valence-corrected chi connectivity index (χ0v) is 13.2. The molecule has 22 heavy (non-hydrogen) atoms. The number of aromatic nitrogens is 2. The number of halogens is 1. The summed E-state index contributed by atoms with van der Waals surface area (Å²) >= 11 is 3.35. The van der Waals surface area contributed by atoms with Gasteiger partial charge in [0.1, 0.15) is 0 Å². The van der Waals surface area contributed by atoms with Crippen LogP contribution < -0.4 is 0 Å². The smallest absolute Gasteiger partial charge is 0.359 e. The lowest BCUT2D eigenvalue weighted by Gasteiger charge is -2.02. The van der Waals surface area contributed by atoms with Crippen LogP contribution in [0.1, 0.15) is 20.8 Å². The first-order valence-corrected chi connectivity index (χ1v) is 7.27. The van der Waals surface area contributed by atoms with Gasteiger partial charge in [-0.1, -0.05) is 34.1 Å². The van der Waals surface area contributed by atoms with Gasteiger partial charge in [0.25, 0.3) is 5.91 Å². The second-order valence-corrected chi connectivity index (χ2v) is 5.50. The van der Waals surface area contributed by atoms with Crippen LogP contribution in [-0.4, -0.2) is 28.8 Å². The van der Waals surface area contributed by atoms with E-state index in [-0.39, 0.29) is 11.6 Å². The fourth-order valence-corrected chi connectivity index (χ4v) is 2.56. The largest absolute Gasteiger partial charge is 0.464 e. The molecule has 2 aromatic carbocycles. The van der Waals surface area contributed by atoms with Crippen molar-refractivity contribution in [1.82, 2.24) is 9.78 Å². The van der Waals surface area contributed by atoms with E-state index in [2.05, 4.69) is 21.0 Å². The molecule has 0 saturated heterocycles. The normalized spacial score (nSPS) is 10.6. The van der Waals surface area contributed by atoms with Crippen LogP contribution in [0.3, 0.4) is 0 Å². The second-order valence-electron chi connectivity index (χ2n) is 4.58. The molecule has 0 aliphatic carbocycles. The molecular formula is C16H11BrN2O3. The Morgan fingerprint density at radius 2 is 1.86 bits per heavy atom. The van der Waals surface area contributed by atoms with E-state index in [9.17, 15) is 9.59 Å². The van der Waals surface area contributed by atoms with E-state index in [0.29, 0.717) is 16.5 Å². The van der Waals surface area contributed by atoms with Crippen LogP contribution in [0.4, 0.5) is 0 Å². The number of esters is 1. The molecule has 5 nitrogen and oxygen atoms in total. The van der Waals surface area contributed by atoms with Gasteiger partial charge >= 0.3 is 5.97 Å². The van der Waals surface area contributed by atoms with Crippen molar-refractivity contribution in [2.24, 2.45) is 0 Å². The summed E-state index contributed by atoms with van der Waals surface area (Å²) in [5.41, 5.74) is 1.16. The molecule has 0 atom stereocenters. The quantitative estimate of drug-likeness (QED) is 0.659. The third kappa shape index (κ3) is 2.42. The average Bonchev–Trinajstić information content (AvgIpc) is 2.93. The Labute approximate surface area is 134 Å². The Morgan fingerprint density at radius 3 is 2.55 bits per heavy atom. The molecule has 6 heteroatoms. The van der Waals surface area contributed by atoms with Gasteiger partial charge in [0.15, 0.2) is 5.69 Å². The van der Waals surface area contributed by atoms with E-state index in [1.165, 1.54) is 11.8 Å². The molecule has 0 unspecified atom stereocenters. The number of carbonyl (C=O) groups is 2. The summed E-state index contributed by atoms with van der Waals surface area (Å²) in [6, 6.07) is 14.0. The summed E-state index contributed by atoms with van der Waals surface area (Å²) in [4.78, 5) is 24.5. The van der Waals surface area contributed by atoms with E-state index in [1.54, 1.807) is 42.5 Å². The number of carbonyl (C=O) groups excluding carboxylic acids is 2. The summed E-state index contributed by atoms with van der Waals surface area (Å²) in [7, 11) is 1.28.